The Kier molecular flexibility index (Phi) is 5.09. The molecule has 0 radical (unpaired) electrons. The number of Topliss-reactive ketones (excluding diaryl/α,β-unsaturated/α-hetero) is 1. The minimum Gasteiger partial charge on any atom is -0.506 e. The molecule has 27 heavy (non-hydrogen) atoms. The number of anilines is 1. The van der Waals surface area contributed by atoms with Crippen molar-refractivity contribution in [2.24, 2.45) is 4.99 Å². The first kappa shape index (κ1) is 19.2. The molecule has 0 spiro atoms. The lowest BCUT2D eigenvalue weighted by Gasteiger charge is -2.26. The fraction of sp³-hybridized carbons (Fsp3) is 0.391. The second-order valence-corrected chi connectivity index (χ2v) is 7.10. The summed E-state index contributed by atoms with van der Waals surface area (Å²) >= 11 is 0. The van der Waals surface area contributed by atoms with E-state index in [1.54, 1.807) is 0 Å². The van der Waals surface area contributed by atoms with Crippen LogP contribution in [0.3, 0.4) is 0 Å². The molecule has 0 amide bonds. The third-order valence-electron chi connectivity index (χ3n) is 5.65. The average Bonchev–Trinajstić information content (AvgIpc) is 2.91. The van der Waals surface area contributed by atoms with Crippen LogP contribution in [0.25, 0.3) is 5.57 Å². The third-order valence-corrected chi connectivity index (χ3v) is 5.65. The summed E-state index contributed by atoms with van der Waals surface area (Å²) in [6.07, 6.45) is 0.870. The van der Waals surface area contributed by atoms with Gasteiger partial charge in [-0.1, -0.05) is 13.0 Å². The van der Waals surface area contributed by atoms with Crippen LogP contribution < -0.4 is 4.90 Å². The molecule has 4 nitrogen and oxygen atoms in total. The molecule has 0 fully saturated rings. The molecular formula is C23H28N2O2. The van der Waals surface area contributed by atoms with Gasteiger partial charge in [0, 0.05) is 24.5 Å². The normalized spacial score (nSPS) is 19.6. The van der Waals surface area contributed by atoms with Crippen LogP contribution in [0.4, 0.5) is 5.69 Å². The molecule has 0 saturated heterocycles. The quantitative estimate of drug-likeness (QED) is 0.735. The summed E-state index contributed by atoms with van der Waals surface area (Å²) in [5.74, 6) is -0.0450. The van der Waals surface area contributed by atoms with E-state index in [4.69, 9.17) is 0 Å². The maximum atomic E-state index is 12.9. The van der Waals surface area contributed by atoms with Crippen LogP contribution in [-0.2, 0) is 4.79 Å². The Bertz CT molecular complexity index is 941. The Morgan fingerprint density at radius 1 is 1.04 bits per heavy atom. The first-order valence-corrected chi connectivity index (χ1v) is 9.69. The third kappa shape index (κ3) is 2.93. The Morgan fingerprint density at radius 2 is 1.70 bits per heavy atom. The van der Waals surface area contributed by atoms with E-state index in [2.05, 4.69) is 36.7 Å². The van der Waals surface area contributed by atoms with Crippen LogP contribution in [0, 0.1) is 6.92 Å². The smallest absolute Gasteiger partial charge is 0.203 e. The predicted molar refractivity (Wildman–Crippen MR) is 112 cm³/mol. The zero-order chi connectivity index (χ0) is 19.9. The van der Waals surface area contributed by atoms with Crippen LogP contribution in [0.1, 0.15) is 52.2 Å². The van der Waals surface area contributed by atoms with Crippen molar-refractivity contribution >= 4 is 22.8 Å². The number of hydrogen-bond acceptors (Lipinski definition) is 4. The van der Waals surface area contributed by atoms with Crippen molar-refractivity contribution in [3.63, 3.8) is 0 Å². The summed E-state index contributed by atoms with van der Waals surface area (Å²) in [5.41, 5.74) is 7.42. The van der Waals surface area contributed by atoms with Gasteiger partial charge in [-0.15, -0.1) is 0 Å². The van der Waals surface area contributed by atoms with Crippen LogP contribution in [-0.4, -0.2) is 29.7 Å². The minimum absolute atomic E-state index is 0.0712. The number of aryl methyl sites for hydroxylation is 1. The lowest BCUT2D eigenvalue weighted by molar-refractivity contribution is -0.111. The van der Waals surface area contributed by atoms with Gasteiger partial charge in [0.25, 0.3) is 0 Å². The fourth-order valence-corrected chi connectivity index (χ4v) is 4.08. The Balaban J connectivity index is 2.05. The Hall–Kier alpha value is -2.62. The van der Waals surface area contributed by atoms with Crippen molar-refractivity contribution in [3.8, 4) is 0 Å². The number of hydrogen-bond donors (Lipinski definition) is 1. The number of ketones is 1. The average molecular weight is 364 g/mol. The van der Waals surface area contributed by atoms with Gasteiger partial charge in [0.05, 0.1) is 16.8 Å². The van der Waals surface area contributed by atoms with Gasteiger partial charge in [-0.2, -0.15) is 0 Å². The highest BCUT2D eigenvalue weighted by Crippen LogP contribution is 2.43. The van der Waals surface area contributed by atoms with Crippen LogP contribution in [0.2, 0.25) is 0 Å². The molecule has 1 aromatic carbocycles. The number of rotatable bonds is 5. The number of aliphatic hydroxyl groups excluding tert-OH is 1. The van der Waals surface area contributed by atoms with Gasteiger partial charge < -0.3 is 10.0 Å². The van der Waals surface area contributed by atoms with Crippen molar-refractivity contribution in [3.05, 3.63) is 57.5 Å². The van der Waals surface area contributed by atoms with Crippen molar-refractivity contribution in [2.75, 3.05) is 18.0 Å². The van der Waals surface area contributed by atoms with Gasteiger partial charge in [0.1, 0.15) is 5.76 Å². The number of allylic oxidation sites excluding steroid dienone is 4. The van der Waals surface area contributed by atoms with E-state index in [1.165, 1.54) is 0 Å². The van der Waals surface area contributed by atoms with Crippen molar-refractivity contribution in [2.45, 2.75) is 48.0 Å². The first-order chi connectivity index (χ1) is 12.8. The molecule has 4 heteroatoms. The molecule has 2 aliphatic rings. The number of carbonyl (C=O) groups excluding carboxylic acids is 1. The van der Waals surface area contributed by atoms with E-state index in [0.29, 0.717) is 16.8 Å². The molecular weight excluding hydrogens is 336 g/mol. The summed E-state index contributed by atoms with van der Waals surface area (Å²) in [6.45, 7) is 14.1. The van der Waals surface area contributed by atoms with Crippen molar-refractivity contribution < 1.29 is 9.90 Å². The maximum Gasteiger partial charge on any atom is 0.203 e. The highest BCUT2D eigenvalue weighted by Gasteiger charge is 2.39. The SMILES string of the molecule is CCC1=C(C)C(=C2C(=O)C(c3ccc(N(CC)CC)cc3C)=C2O)N=C1C. The molecule has 0 atom stereocenters. The summed E-state index contributed by atoms with van der Waals surface area (Å²) in [6, 6.07) is 6.04. The van der Waals surface area contributed by atoms with E-state index in [9.17, 15) is 9.90 Å². The van der Waals surface area contributed by atoms with E-state index < -0.39 is 0 Å². The molecule has 0 aromatic heterocycles. The molecule has 1 aromatic rings. The lowest BCUT2D eigenvalue weighted by atomic mass is 9.80. The number of aliphatic hydroxyl groups is 1. The van der Waals surface area contributed by atoms with Gasteiger partial charge in [0.15, 0.2) is 0 Å². The molecule has 1 aliphatic heterocycles. The zero-order valence-corrected chi connectivity index (χ0v) is 17.1. The summed E-state index contributed by atoms with van der Waals surface area (Å²) in [5, 5.41) is 10.7. The lowest BCUT2D eigenvalue weighted by Crippen LogP contribution is -2.24. The second-order valence-electron chi connectivity index (χ2n) is 7.10. The minimum atomic E-state index is -0.116. The van der Waals surface area contributed by atoms with E-state index in [0.717, 1.165) is 53.2 Å². The Morgan fingerprint density at radius 3 is 2.19 bits per heavy atom. The van der Waals surface area contributed by atoms with E-state index in [1.807, 2.05) is 32.9 Å². The molecule has 1 aliphatic carbocycles. The number of nitrogens with zero attached hydrogens (tertiary/aromatic N) is 2. The highest BCUT2D eigenvalue weighted by molar-refractivity contribution is 6.39. The first-order valence-electron chi connectivity index (χ1n) is 9.69. The van der Waals surface area contributed by atoms with Crippen molar-refractivity contribution in [1.29, 1.82) is 0 Å². The standard InChI is InChI=1S/C23H28N2O2/c1-7-17-14(5)21(24-15(17)6)20-22(26)19(23(20)27)18-11-10-16(12-13(18)4)25(8-2)9-3/h10-12,26H,7-9H2,1-6H3. The van der Waals surface area contributed by atoms with Gasteiger partial charge in [-0.3, -0.25) is 9.79 Å². The van der Waals surface area contributed by atoms with Crippen molar-refractivity contribution in [1.82, 2.24) is 0 Å². The monoisotopic (exact) mass is 364 g/mol. The van der Waals surface area contributed by atoms with Crippen LogP contribution >= 0.6 is 0 Å². The van der Waals surface area contributed by atoms with Crippen LogP contribution in [0.15, 0.2) is 51.4 Å². The van der Waals surface area contributed by atoms with Gasteiger partial charge in [-0.05, 0) is 75.4 Å². The molecule has 0 bridgehead atoms. The topological polar surface area (TPSA) is 52.9 Å². The van der Waals surface area contributed by atoms with Gasteiger partial charge >= 0.3 is 0 Å². The fourth-order valence-electron chi connectivity index (χ4n) is 4.08. The summed E-state index contributed by atoms with van der Waals surface area (Å²) < 4.78 is 0. The molecule has 142 valence electrons. The van der Waals surface area contributed by atoms with E-state index in [-0.39, 0.29) is 11.5 Å². The molecule has 3 rings (SSSR count). The number of benzene rings is 1. The number of carbonyl (C=O) groups is 1. The molecule has 0 saturated carbocycles. The zero-order valence-electron chi connectivity index (χ0n) is 17.1. The van der Waals surface area contributed by atoms with E-state index >= 15 is 0 Å². The molecule has 1 N–H and O–H groups in total. The second kappa shape index (κ2) is 7.18. The summed E-state index contributed by atoms with van der Waals surface area (Å²) in [7, 11) is 0. The van der Waals surface area contributed by atoms with Gasteiger partial charge in [0.2, 0.25) is 5.78 Å². The predicted octanol–water partition coefficient (Wildman–Crippen LogP) is 5.15. The number of aliphatic imine (C=N–C) groups is 1. The molecule has 1 heterocycles. The Labute approximate surface area is 161 Å². The summed E-state index contributed by atoms with van der Waals surface area (Å²) in [4.78, 5) is 19.7. The highest BCUT2D eigenvalue weighted by atomic mass is 16.3. The maximum absolute atomic E-state index is 12.9. The van der Waals surface area contributed by atoms with Crippen LogP contribution in [0.5, 0.6) is 0 Å². The largest absolute Gasteiger partial charge is 0.506 e. The van der Waals surface area contributed by atoms with Gasteiger partial charge in [-0.25, -0.2) is 0 Å². The molecule has 0 unspecified atom stereocenters.